The van der Waals surface area contributed by atoms with E-state index in [1.807, 2.05) is 30.3 Å². The molecular weight excluding hydrogens is 432 g/mol. The minimum atomic E-state index is -0.983. The average molecular weight is 451 g/mol. The number of aromatic hydroxyl groups is 1. The Hall–Kier alpha value is -3.55. The van der Waals surface area contributed by atoms with Crippen molar-refractivity contribution in [2.75, 3.05) is 17.1 Å². The third kappa shape index (κ3) is 3.18. The van der Waals surface area contributed by atoms with Gasteiger partial charge in [0.15, 0.2) is 17.6 Å². The molecule has 2 fully saturated rings. The number of para-hydroxylation sites is 1. The van der Waals surface area contributed by atoms with Gasteiger partial charge in [-0.15, -0.1) is 0 Å². The second kappa shape index (κ2) is 7.85. The fourth-order valence-electron chi connectivity index (χ4n) is 4.28. The van der Waals surface area contributed by atoms with Gasteiger partial charge in [-0.05, 0) is 54.1 Å². The Bertz CT molecular complexity index is 1180. The predicted molar refractivity (Wildman–Crippen MR) is 119 cm³/mol. The van der Waals surface area contributed by atoms with Crippen molar-refractivity contribution in [3.05, 3.63) is 83.4 Å². The highest BCUT2D eigenvalue weighted by molar-refractivity contribution is 6.31. The summed E-state index contributed by atoms with van der Waals surface area (Å²) in [6.07, 6.45) is -0.983. The van der Waals surface area contributed by atoms with Crippen LogP contribution in [0.4, 0.5) is 11.4 Å². The van der Waals surface area contributed by atoms with E-state index in [1.54, 1.807) is 41.5 Å². The SMILES string of the molecule is COc1cc([C@@H]2[C@@H]3C(=O)N(c4ccc(Cl)cc4)C(=O)[C@H]3ON2c2ccccc2)ccc1O. The molecule has 8 heteroatoms. The van der Waals surface area contributed by atoms with E-state index < -0.39 is 24.0 Å². The van der Waals surface area contributed by atoms with Crippen molar-refractivity contribution in [2.24, 2.45) is 5.92 Å². The summed E-state index contributed by atoms with van der Waals surface area (Å²) in [5, 5.41) is 12.1. The Labute approximate surface area is 189 Å². The lowest BCUT2D eigenvalue weighted by Gasteiger charge is -2.29. The zero-order valence-electron chi connectivity index (χ0n) is 17.0. The molecule has 0 bridgehead atoms. The number of hydrogen-bond donors (Lipinski definition) is 1. The summed E-state index contributed by atoms with van der Waals surface area (Å²) in [7, 11) is 1.45. The number of anilines is 2. The van der Waals surface area contributed by atoms with E-state index in [0.29, 0.717) is 22.0 Å². The Morgan fingerprint density at radius 1 is 0.938 bits per heavy atom. The van der Waals surface area contributed by atoms with Crippen molar-refractivity contribution in [1.82, 2.24) is 0 Å². The number of methoxy groups -OCH3 is 1. The quantitative estimate of drug-likeness (QED) is 0.603. The normalized spacial score (nSPS) is 22.4. The second-order valence-electron chi connectivity index (χ2n) is 7.58. The second-order valence-corrected chi connectivity index (χ2v) is 8.01. The zero-order chi connectivity index (χ0) is 22.4. The zero-order valence-corrected chi connectivity index (χ0v) is 17.8. The van der Waals surface area contributed by atoms with Crippen molar-refractivity contribution in [3.63, 3.8) is 0 Å². The van der Waals surface area contributed by atoms with Crippen molar-refractivity contribution in [3.8, 4) is 11.5 Å². The van der Waals surface area contributed by atoms with Crippen LogP contribution in [0.1, 0.15) is 11.6 Å². The van der Waals surface area contributed by atoms with Crippen LogP contribution in [0.15, 0.2) is 72.8 Å². The summed E-state index contributed by atoms with van der Waals surface area (Å²) in [6.45, 7) is 0. The van der Waals surface area contributed by atoms with E-state index in [9.17, 15) is 14.7 Å². The number of hydrogen-bond acceptors (Lipinski definition) is 6. The molecule has 2 saturated heterocycles. The molecule has 2 heterocycles. The summed E-state index contributed by atoms with van der Waals surface area (Å²) >= 11 is 5.97. The first-order chi connectivity index (χ1) is 15.5. The number of nitrogens with zero attached hydrogens (tertiary/aromatic N) is 2. The number of imide groups is 1. The highest BCUT2D eigenvalue weighted by Crippen LogP contribution is 2.48. The van der Waals surface area contributed by atoms with Crippen LogP contribution in [0.25, 0.3) is 0 Å². The number of phenolic OH excluding ortho intramolecular Hbond substituents is 1. The number of hydroxylamine groups is 1. The molecule has 7 nitrogen and oxygen atoms in total. The summed E-state index contributed by atoms with van der Waals surface area (Å²) in [5.41, 5.74) is 1.82. The lowest BCUT2D eigenvalue weighted by atomic mass is 9.90. The number of ether oxygens (including phenoxy) is 1. The van der Waals surface area contributed by atoms with Crippen LogP contribution >= 0.6 is 11.6 Å². The number of phenols is 1. The van der Waals surface area contributed by atoms with Gasteiger partial charge in [0.25, 0.3) is 5.91 Å². The topological polar surface area (TPSA) is 79.3 Å². The summed E-state index contributed by atoms with van der Waals surface area (Å²) in [5.74, 6) is -1.33. The molecule has 0 aliphatic carbocycles. The van der Waals surface area contributed by atoms with Gasteiger partial charge in [0.2, 0.25) is 5.91 Å². The largest absolute Gasteiger partial charge is 0.504 e. The minimum Gasteiger partial charge on any atom is -0.504 e. The van der Waals surface area contributed by atoms with Crippen LogP contribution in [0, 0.1) is 5.92 Å². The molecule has 0 aromatic heterocycles. The van der Waals surface area contributed by atoms with Gasteiger partial charge < -0.3 is 9.84 Å². The van der Waals surface area contributed by atoms with Gasteiger partial charge in [0.1, 0.15) is 5.92 Å². The number of carbonyl (C=O) groups is 2. The van der Waals surface area contributed by atoms with Crippen molar-refractivity contribution >= 4 is 34.8 Å². The van der Waals surface area contributed by atoms with Crippen LogP contribution in [0.5, 0.6) is 11.5 Å². The molecule has 32 heavy (non-hydrogen) atoms. The van der Waals surface area contributed by atoms with Gasteiger partial charge >= 0.3 is 0 Å². The Morgan fingerprint density at radius 2 is 1.66 bits per heavy atom. The third-order valence-corrected chi connectivity index (χ3v) is 6.01. The molecule has 3 aromatic rings. The molecular formula is C24H19ClN2O5. The number of amides is 2. The van der Waals surface area contributed by atoms with Crippen LogP contribution in [0.3, 0.4) is 0 Å². The van der Waals surface area contributed by atoms with E-state index >= 15 is 0 Å². The fraction of sp³-hybridized carbons (Fsp3) is 0.167. The van der Waals surface area contributed by atoms with Gasteiger partial charge in [-0.3, -0.25) is 14.4 Å². The van der Waals surface area contributed by atoms with E-state index in [-0.39, 0.29) is 17.4 Å². The number of carbonyl (C=O) groups excluding carboxylic acids is 2. The molecule has 5 rings (SSSR count). The number of fused-ring (bicyclic) bond motifs is 1. The first-order valence-electron chi connectivity index (χ1n) is 10.0. The molecule has 162 valence electrons. The summed E-state index contributed by atoms with van der Waals surface area (Å²) < 4.78 is 5.26. The minimum absolute atomic E-state index is 0.0189. The standard InChI is InChI=1S/C24H19ClN2O5/c1-31-19-13-14(7-12-18(19)28)21-20-22(32-27(21)17-5-3-2-4-6-17)24(30)26(23(20)29)16-10-8-15(25)9-11-16/h2-13,20-22,28H,1H3/t20-,21+,22-/m0/s1. The first kappa shape index (κ1) is 20.4. The van der Waals surface area contributed by atoms with Gasteiger partial charge in [-0.2, -0.15) is 0 Å². The molecule has 2 aliphatic rings. The van der Waals surface area contributed by atoms with E-state index in [4.69, 9.17) is 21.2 Å². The van der Waals surface area contributed by atoms with E-state index in [0.717, 1.165) is 4.90 Å². The average Bonchev–Trinajstić information content (AvgIpc) is 3.32. The van der Waals surface area contributed by atoms with Gasteiger partial charge in [-0.1, -0.05) is 35.9 Å². The van der Waals surface area contributed by atoms with Crippen molar-refractivity contribution in [1.29, 1.82) is 0 Å². The molecule has 1 N–H and O–H groups in total. The summed E-state index contributed by atoms with van der Waals surface area (Å²) in [6, 6.07) is 20.0. The Balaban J connectivity index is 1.60. The van der Waals surface area contributed by atoms with Crippen LogP contribution in [-0.4, -0.2) is 30.1 Å². The number of rotatable bonds is 4. The highest BCUT2D eigenvalue weighted by Gasteiger charge is 2.60. The van der Waals surface area contributed by atoms with Crippen LogP contribution < -0.4 is 14.7 Å². The van der Waals surface area contributed by atoms with Crippen molar-refractivity contribution < 1.29 is 24.3 Å². The van der Waals surface area contributed by atoms with E-state index in [2.05, 4.69) is 0 Å². The maximum absolute atomic E-state index is 13.5. The molecule has 0 saturated carbocycles. The third-order valence-electron chi connectivity index (χ3n) is 5.76. The molecule has 2 aliphatic heterocycles. The Morgan fingerprint density at radius 3 is 2.34 bits per heavy atom. The molecule has 0 radical (unpaired) electrons. The van der Waals surface area contributed by atoms with Crippen molar-refractivity contribution in [2.45, 2.75) is 12.1 Å². The van der Waals surface area contributed by atoms with E-state index in [1.165, 1.54) is 13.2 Å². The maximum atomic E-state index is 13.5. The number of benzene rings is 3. The van der Waals surface area contributed by atoms with Gasteiger partial charge in [0, 0.05) is 5.02 Å². The lowest BCUT2D eigenvalue weighted by molar-refractivity contribution is -0.126. The highest BCUT2D eigenvalue weighted by atomic mass is 35.5. The fourth-order valence-corrected chi connectivity index (χ4v) is 4.40. The van der Waals surface area contributed by atoms with Gasteiger partial charge in [-0.25, -0.2) is 9.96 Å². The molecule has 0 spiro atoms. The number of halogens is 1. The predicted octanol–water partition coefficient (Wildman–Crippen LogP) is 4.11. The molecule has 0 unspecified atom stereocenters. The maximum Gasteiger partial charge on any atom is 0.266 e. The van der Waals surface area contributed by atoms with Crippen LogP contribution in [-0.2, 0) is 14.4 Å². The Kier molecular flexibility index (Phi) is 5.00. The van der Waals surface area contributed by atoms with Gasteiger partial charge in [0.05, 0.1) is 24.5 Å². The van der Waals surface area contributed by atoms with Crippen LogP contribution in [0.2, 0.25) is 5.02 Å². The first-order valence-corrected chi connectivity index (χ1v) is 10.4. The molecule has 3 aromatic carbocycles. The molecule has 3 atom stereocenters. The smallest absolute Gasteiger partial charge is 0.266 e. The summed E-state index contributed by atoms with van der Waals surface area (Å²) in [4.78, 5) is 34.1. The monoisotopic (exact) mass is 450 g/mol. The lowest BCUT2D eigenvalue weighted by Crippen LogP contribution is -2.37. The molecule has 2 amide bonds.